The van der Waals surface area contributed by atoms with Gasteiger partial charge in [0.15, 0.2) is 0 Å². The van der Waals surface area contributed by atoms with E-state index in [0.29, 0.717) is 12.6 Å². The monoisotopic (exact) mass is 288 g/mol. The Bertz CT molecular complexity index is 345. The molecule has 0 radical (unpaired) electrons. The van der Waals surface area contributed by atoms with Gasteiger partial charge in [0.1, 0.15) is 0 Å². The fraction of sp³-hybridized carbons (Fsp3) is 0.571. The molecule has 0 aliphatic heterocycles. The van der Waals surface area contributed by atoms with E-state index in [1.807, 2.05) is 18.2 Å². The summed E-state index contributed by atoms with van der Waals surface area (Å²) in [6, 6.07) is 6.03. The summed E-state index contributed by atoms with van der Waals surface area (Å²) < 4.78 is 0. The summed E-state index contributed by atoms with van der Waals surface area (Å²) in [5.41, 5.74) is 0.979. The molecule has 1 unspecified atom stereocenters. The highest BCUT2D eigenvalue weighted by atomic mass is 35.5. The third-order valence-corrected chi connectivity index (χ3v) is 3.82. The molecule has 0 bridgehead atoms. The molecule has 1 rings (SSSR count). The van der Waals surface area contributed by atoms with Gasteiger partial charge in [0.2, 0.25) is 0 Å². The van der Waals surface area contributed by atoms with Crippen LogP contribution in [0.25, 0.3) is 0 Å². The molecule has 102 valence electrons. The van der Waals surface area contributed by atoms with Gasteiger partial charge < -0.3 is 10.2 Å². The SMILES string of the molecule is CCN(CC)CC(C)NCc1c(Cl)cccc1Cl. The third-order valence-electron chi connectivity index (χ3n) is 3.12. The van der Waals surface area contributed by atoms with Crippen molar-refractivity contribution in [3.05, 3.63) is 33.8 Å². The standard InChI is InChI=1S/C14H22Cl2N2/c1-4-18(5-2)10-11(3)17-9-12-13(15)7-6-8-14(12)16/h6-8,11,17H,4-5,9-10H2,1-3H3. The predicted molar refractivity (Wildman–Crippen MR) is 80.6 cm³/mol. The van der Waals surface area contributed by atoms with Crippen molar-refractivity contribution in [1.82, 2.24) is 10.2 Å². The molecule has 0 saturated carbocycles. The summed E-state index contributed by atoms with van der Waals surface area (Å²) in [4.78, 5) is 2.39. The van der Waals surface area contributed by atoms with Crippen LogP contribution in [-0.4, -0.2) is 30.6 Å². The van der Waals surface area contributed by atoms with Crippen molar-refractivity contribution in [3.63, 3.8) is 0 Å². The number of hydrogen-bond donors (Lipinski definition) is 1. The second kappa shape index (κ2) is 8.00. The van der Waals surface area contributed by atoms with Crippen molar-refractivity contribution < 1.29 is 0 Å². The van der Waals surface area contributed by atoms with Crippen molar-refractivity contribution >= 4 is 23.2 Å². The Labute approximate surface area is 120 Å². The molecule has 2 nitrogen and oxygen atoms in total. The maximum atomic E-state index is 6.14. The fourth-order valence-corrected chi connectivity index (χ4v) is 2.44. The number of likely N-dealkylation sites (N-methyl/N-ethyl adjacent to an activating group) is 1. The smallest absolute Gasteiger partial charge is 0.0465 e. The highest BCUT2D eigenvalue weighted by Gasteiger charge is 2.09. The van der Waals surface area contributed by atoms with E-state index in [4.69, 9.17) is 23.2 Å². The molecule has 1 aromatic rings. The Balaban J connectivity index is 2.49. The van der Waals surface area contributed by atoms with Gasteiger partial charge in [-0.3, -0.25) is 0 Å². The maximum absolute atomic E-state index is 6.14. The van der Waals surface area contributed by atoms with Crippen LogP contribution in [0, 0.1) is 0 Å². The van der Waals surface area contributed by atoms with Crippen molar-refractivity contribution in [2.75, 3.05) is 19.6 Å². The lowest BCUT2D eigenvalue weighted by Gasteiger charge is -2.23. The van der Waals surface area contributed by atoms with Crippen molar-refractivity contribution in [2.45, 2.75) is 33.4 Å². The zero-order valence-electron chi connectivity index (χ0n) is 11.3. The average Bonchev–Trinajstić information content (AvgIpc) is 2.35. The Morgan fingerprint density at radius 2 is 1.72 bits per heavy atom. The molecule has 18 heavy (non-hydrogen) atoms. The van der Waals surface area contributed by atoms with E-state index in [1.54, 1.807) is 0 Å². The summed E-state index contributed by atoms with van der Waals surface area (Å²) >= 11 is 12.3. The van der Waals surface area contributed by atoms with E-state index >= 15 is 0 Å². The molecule has 0 saturated heterocycles. The van der Waals surface area contributed by atoms with Crippen molar-refractivity contribution in [3.8, 4) is 0 Å². The minimum atomic E-state index is 0.414. The third kappa shape index (κ3) is 4.77. The van der Waals surface area contributed by atoms with Gasteiger partial charge in [0.25, 0.3) is 0 Å². The number of rotatable bonds is 7. The quantitative estimate of drug-likeness (QED) is 0.821. The summed E-state index contributed by atoms with van der Waals surface area (Å²) in [5.74, 6) is 0. The highest BCUT2D eigenvalue weighted by molar-refractivity contribution is 6.35. The lowest BCUT2D eigenvalue weighted by molar-refractivity contribution is 0.271. The van der Waals surface area contributed by atoms with Crippen LogP contribution in [0.3, 0.4) is 0 Å². The summed E-state index contributed by atoms with van der Waals surface area (Å²) in [5, 5.41) is 4.92. The van der Waals surface area contributed by atoms with Gasteiger partial charge in [-0.2, -0.15) is 0 Å². The minimum Gasteiger partial charge on any atom is -0.309 e. The molecule has 1 atom stereocenters. The largest absolute Gasteiger partial charge is 0.309 e. The lowest BCUT2D eigenvalue weighted by Crippen LogP contribution is -2.38. The molecule has 1 aromatic carbocycles. The van der Waals surface area contributed by atoms with Crippen molar-refractivity contribution in [2.24, 2.45) is 0 Å². The Hall–Kier alpha value is -0.280. The van der Waals surface area contributed by atoms with E-state index in [1.165, 1.54) is 0 Å². The molecule has 0 spiro atoms. The van der Waals surface area contributed by atoms with Crippen LogP contribution in [0.4, 0.5) is 0 Å². The van der Waals surface area contributed by atoms with Crippen LogP contribution in [-0.2, 0) is 6.54 Å². The molecule has 1 N–H and O–H groups in total. The van der Waals surface area contributed by atoms with Gasteiger partial charge in [-0.05, 0) is 32.1 Å². The Kier molecular flexibility index (Phi) is 7.02. The van der Waals surface area contributed by atoms with Crippen LogP contribution in [0.2, 0.25) is 10.0 Å². The normalized spacial score (nSPS) is 13.0. The van der Waals surface area contributed by atoms with E-state index in [0.717, 1.165) is 35.2 Å². The summed E-state index contributed by atoms with van der Waals surface area (Å²) in [6.07, 6.45) is 0. The van der Waals surface area contributed by atoms with E-state index in [-0.39, 0.29) is 0 Å². The second-order valence-electron chi connectivity index (χ2n) is 4.47. The van der Waals surface area contributed by atoms with Crippen LogP contribution in [0.15, 0.2) is 18.2 Å². The van der Waals surface area contributed by atoms with Gasteiger partial charge >= 0.3 is 0 Å². The minimum absolute atomic E-state index is 0.414. The molecule has 0 aliphatic carbocycles. The van der Waals surface area contributed by atoms with Gasteiger partial charge in [-0.25, -0.2) is 0 Å². The van der Waals surface area contributed by atoms with E-state index in [9.17, 15) is 0 Å². The van der Waals surface area contributed by atoms with Crippen LogP contribution in [0.1, 0.15) is 26.3 Å². The number of nitrogens with zero attached hydrogens (tertiary/aromatic N) is 1. The molecule has 0 fully saturated rings. The van der Waals surface area contributed by atoms with E-state index in [2.05, 4.69) is 31.0 Å². The maximum Gasteiger partial charge on any atom is 0.0465 e. The fourth-order valence-electron chi connectivity index (χ4n) is 1.91. The van der Waals surface area contributed by atoms with Gasteiger partial charge in [0.05, 0.1) is 0 Å². The van der Waals surface area contributed by atoms with Crippen molar-refractivity contribution in [1.29, 1.82) is 0 Å². The zero-order chi connectivity index (χ0) is 13.5. The molecule has 0 aromatic heterocycles. The summed E-state index contributed by atoms with van der Waals surface area (Å²) in [6.45, 7) is 10.5. The zero-order valence-corrected chi connectivity index (χ0v) is 12.9. The molecule has 0 aliphatic rings. The first-order valence-electron chi connectivity index (χ1n) is 6.47. The van der Waals surface area contributed by atoms with Gasteiger partial charge in [-0.15, -0.1) is 0 Å². The molecule has 0 amide bonds. The first kappa shape index (κ1) is 15.8. The van der Waals surface area contributed by atoms with Crippen LogP contribution in [0.5, 0.6) is 0 Å². The number of hydrogen-bond acceptors (Lipinski definition) is 2. The Morgan fingerprint density at radius 1 is 1.17 bits per heavy atom. The van der Waals surface area contributed by atoms with Crippen LogP contribution < -0.4 is 5.32 Å². The van der Waals surface area contributed by atoms with E-state index < -0.39 is 0 Å². The first-order valence-corrected chi connectivity index (χ1v) is 7.22. The average molecular weight is 289 g/mol. The molecular formula is C14H22Cl2N2. The second-order valence-corrected chi connectivity index (χ2v) is 5.28. The Morgan fingerprint density at radius 3 is 2.22 bits per heavy atom. The molecular weight excluding hydrogens is 267 g/mol. The van der Waals surface area contributed by atoms with Gasteiger partial charge in [0, 0.05) is 34.7 Å². The topological polar surface area (TPSA) is 15.3 Å². The lowest BCUT2D eigenvalue weighted by atomic mass is 10.2. The first-order chi connectivity index (χ1) is 8.58. The number of halogens is 2. The molecule has 4 heteroatoms. The highest BCUT2D eigenvalue weighted by Crippen LogP contribution is 2.23. The number of benzene rings is 1. The summed E-state index contributed by atoms with van der Waals surface area (Å²) in [7, 11) is 0. The van der Waals surface area contributed by atoms with Crippen LogP contribution >= 0.6 is 23.2 Å². The number of nitrogens with one attached hydrogen (secondary N) is 1. The molecule has 0 heterocycles. The predicted octanol–water partition coefficient (Wildman–Crippen LogP) is 3.81. The van der Waals surface area contributed by atoms with Gasteiger partial charge in [-0.1, -0.05) is 43.1 Å².